The van der Waals surface area contributed by atoms with Crippen LogP contribution in [0.15, 0.2) is 23.3 Å². The summed E-state index contributed by atoms with van der Waals surface area (Å²) in [5.41, 5.74) is 1.22. The van der Waals surface area contributed by atoms with Gasteiger partial charge in [-0.15, -0.1) is 0 Å². The summed E-state index contributed by atoms with van der Waals surface area (Å²) in [4.78, 5) is 11.6. The minimum absolute atomic E-state index is 0.109. The van der Waals surface area contributed by atoms with Gasteiger partial charge < -0.3 is 0 Å². The zero-order valence-electron chi connectivity index (χ0n) is 8.00. The predicted octanol–water partition coefficient (Wildman–Crippen LogP) is 3.11. The highest BCUT2D eigenvalue weighted by Gasteiger charge is 2.26. The number of nitrogens with zero attached hydrogens (tertiary/aromatic N) is 2. The van der Waals surface area contributed by atoms with Crippen molar-refractivity contribution in [1.29, 1.82) is 0 Å². The van der Waals surface area contributed by atoms with E-state index in [4.69, 9.17) is 23.2 Å². The molecule has 1 aliphatic rings. The quantitative estimate of drug-likeness (QED) is 0.745. The first-order valence-electron chi connectivity index (χ1n) is 4.40. The van der Waals surface area contributed by atoms with Crippen molar-refractivity contribution in [3.8, 4) is 0 Å². The number of benzene rings is 1. The monoisotopic (exact) mass is 242 g/mol. The fraction of sp³-hybridized carbons (Fsp3) is 0.200. The lowest BCUT2D eigenvalue weighted by Crippen LogP contribution is -2.20. The fourth-order valence-electron chi connectivity index (χ4n) is 1.42. The molecule has 1 amide bonds. The third kappa shape index (κ3) is 1.85. The molecule has 0 N–H and O–H groups in total. The standard InChI is InChI=1S/C10H8Cl2N2O/c1-6-5-9(15)14(13-6)10-7(11)3-2-4-8(10)12/h2-4H,5H2,1H3. The van der Waals surface area contributed by atoms with Crippen molar-refractivity contribution in [2.24, 2.45) is 5.10 Å². The van der Waals surface area contributed by atoms with Crippen molar-refractivity contribution in [2.75, 3.05) is 5.01 Å². The first-order valence-corrected chi connectivity index (χ1v) is 5.16. The van der Waals surface area contributed by atoms with Crippen LogP contribution in [0.25, 0.3) is 0 Å². The van der Waals surface area contributed by atoms with Gasteiger partial charge >= 0.3 is 0 Å². The summed E-state index contributed by atoms with van der Waals surface area (Å²) >= 11 is 11.9. The van der Waals surface area contributed by atoms with Gasteiger partial charge in [-0.2, -0.15) is 10.1 Å². The van der Waals surface area contributed by atoms with Crippen LogP contribution in [0.5, 0.6) is 0 Å². The number of hydrogen-bond donors (Lipinski definition) is 0. The molecule has 1 aromatic rings. The van der Waals surface area contributed by atoms with Crippen LogP contribution >= 0.6 is 23.2 Å². The number of para-hydroxylation sites is 1. The Morgan fingerprint density at radius 1 is 1.33 bits per heavy atom. The molecule has 0 fully saturated rings. The van der Waals surface area contributed by atoms with Gasteiger partial charge in [-0.05, 0) is 19.1 Å². The molecule has 0 spiro atoms. The average Bonchev–Trinajstić information content (AvgIpc) is 2.45. The Kier molecular flexibility index (Phi) is 2.67. The van der Waals surface area contributed by atoms with Crippen LogP contribution in [0.4, 0.5) is 5.69 Å². The van der Waals surface area contributed by atoms with Gasteiger partial charge in [0.2, 0.25) is 0 Å². The van der Waals surface area contributed by atoms with E-state index >= 15 is 0 Å². The highest BCUT2D eigenvalue weighted by Crippen LogP contribution is 2.35. The Morgan fingerprint density at radius 2 is 1.93 bits per heavy atom. The number of halogens is 2. The first-order chi connectivity index (χ1) is 7.09. The molecule has 0 atom stereocenters. The molecule has 0 aromatic heterocycles. The van der Waals surface area contributed by atoms with Crippen LogP contribution in [0.2, 0.25) is 10.0 Å². The summed E-state index contributed by atoms with van der Waals surface area (Å²) in [5.74, 6) is -0.109. The van der Waals surface area contributed by atoms with Gasteiger partial charge in [0.1, 0.15) is 5.69 Å². The molecular weight excluding hydrogens is 235 g/mol. The number of carbonyl (C=O) groups is 1. The number of hydrogen-bond acceptors (Lipinski definition) is 2. The molecule has 0 bridgehead atoms. The molecule has 1 aromatic carbocycles. The van der Waals surface area contributed by atoms with E-state index in [1.165, 1.54) is 5.01 Å². The molecule has 1 aliphatic heterocycles. The average molecular weight is 243 g/mol. The summed E-state index contributed by atoms with van der Waals surface area (Å²) < 4.78 is 0. The summed E-state index contributed by atoms with van der Waals surface area (Å²) in [7, 11) is 0. The molecular formula is C10H8Cl2N2O. The van der Waals surface area contributed by atoms with Gasteiger partial charge in [-0.1, -0.05) is 29.3 Å². The maximum absolute atomic E-state index is 11.6. The van der Waals surface area contributed by atoms with Gasteiger partial charge in [0, 0.05) is 5.71 Å². The van der Waals surface area contributed by atoms with E-state index in [0.29, 0.717) is 22.2 Å². The van der Waals surface area contributed by atoms with Crippen LogP contribution in [0.3, 0.4) is 0 Å². The van der Waals surface area contributed by atoms with Crippen LogP contribution in [0.1, 0.15) is 13.3 Å². The van der Waals surface area contributed by atoms with Crippen molar-refractivity contribution in [2.45, 2.75) is 13.3 Å². The molecule has 0 saturated carbocycles. The lowest BCUT2D eigenvalue weighted by molar-refractivity contribution is -0.116. The molecule has 5 heteroatoms. The Hall–Kier alpha value is -1.06. The maximum Gasteiger partial charge on any atom is 0.253 e. The Bertz CT molecular complexity index is 436. The summed E-state index contributed by atoms with van der Waals surface area (Å²) in [6.07, 6.45) is 0.321. The van der Waals surface area contributed by atoms with Crippen LogP contribution in [-0.2, 0) is 4.79 Å². The third-order valence-electron chi connectivity index (χ3n) is 2.06. The zero-order chi connectivity index (χ0) is 11.0. The Labute approximate surface area is 97.3 Å². The van der Waals surface area contributed by atoms with E-state index in [2.05, 4.69) is 5.10 Å². The smallest absolute Gasteiger partial charge is 0.253 e. The third-order valence-corrected chi connectivity index (χ3v) is 2.67. The van der Waals surface area contributed by atoms with E-state index in [9.17, 15) is 4.79 Å². The van der Waals surface area contributed by atoms with Crippen molar-refractivity contribution in [3.63, 3.8) is 0 Å². The van der Waals surface area contributed by atoms with Crippen molar-refractivity contribution in [3.05, 3.63) is 28.2 Å². The highest BCUT2D eigenvalue weighted by molar-refractivity contribution is 6.40. The first kappa shape index (κ1) is 10.5. The van der Waals surface area contributed by atoms with E-state index < -0.39 is 0 Å². The molecule has 0 aliphatic carbocycles. The van der Waals surface area contributed by atoms with Crippen LogP contribution in [0, 0.1) is 0 Å². The molecule has 2 rings (SSSR count). The van der Waals surface area contributed by atoms with Gasteiger partial charge in [-0.25, -0.2) is 0 Å². The zero-order valence-corrected chi connectivity index (χ0v) is 9.51. The van der Waals surface area contributed by atoms with Crippen LogP contribution < -0.4 is 5.01 Å². The summed E-state index contributed by atoms with van der Waals surface area (Å²) in [5, 5.41) is 6.21. The topological polar surface area (TPSA) is 32.7 Å². The second kappa shape index (κ2) is 3.83. The number of anilines is 1. The minimum atomic E-state index is -0.109. The van der Waals surface area contributed by atoms with Crippen molar-refractivity contribution < 1.29 is 4.79 Å². The van der Waals surface area contributed by atoms with Crippen molar-refractivity contribution >= 4 is 40.5 Å². The van der Waals surface area contributed by atoms with Gasteiger partial charge in [0.05, 0.1) is 16.5 Å². The van der Waals surface area contributed by atoms with E-state index in [1.54, 1.807) is 25.1 Å². The predicted molar refractivity (Wildman–Crippen MR) is 61.7 cm³/mol. The number of amides is 1. The van der Waals surface area contributed by atoms with E-state index in [1.807, 2.05) is 0 Å². The van der Waals surface area contributed by atoms with Gasteiger partial charge in [0.25, 0.3) is 5.91 Å². The van der Waals surface area contributed by atoms with Crippen LogP contribution in [-0.4, -0.2) is 11.6 Å². The normalized spacial score (nSPS) is 15.8. The Balaban J connectivity index is 2.50. The minimum Gasteiger partial charge on any atom is -0.272 e. The lowest BCUT2D eigenvalue weighted by atomic mass is 10.3. The molecule has 0 saturated heterocycles. The van der Waals surface area contributed by atoms with Gasteiger partial charge in [0.15, 0.2) is 0 Å². The molecule has 15 heavy (non-hydrogen) atoms. The van der Waals surface area contributed by atoms with Gasteiger partial charge in [-0.3, -0.25) is 4.79 Å². The molecule has 0 unspecified atom stereocenters. The van der Waals surface area contributed by atoms with E-state index in [-0.39, 0.29) is 5.91 Å². The second-order valence-corrected chi connectivity index (χ2v) is 4.10. The SMILES string of the molecule is CC1=NN(c2c(Cl)cccc2Cl)C(=O)C1. The fourth-order valence-corrected chi connectivity index (χ4v) is 1.98. The number of hydrazone groups is 1. The molecule has 1 heterocycles. The Morgan fingerprint density at radius 3 is 2.40 bits per heavy atom. The second-order valence-electron chi connectivity index (χ2n) is 3.29. The highest BCUT2D eigenvalue weighted by atomic mass is 35.5. The van der Waals surface area contributed by atoms with Crippen molar-refractivity contribution in [1.82, 2.24) is 0 Å². The lowest BCUT2D eigenvalue weighted by Gasteiger charge is -2.14. The molecule has 3 nitrogen and oxygen atoms in total. The maximum atomic E-state index is 11.6. The largest absolute Gasteiger partial charge is 0.272 e. The van der Waals surface area contributed by atoms with E-state index in [0.717, 1.165) is 5.71 Å². The molecule has 0 radical (unpaired) electrons. The molecule has 78 valence electrons. The number of carbonyl (C=O) groups excluding carboxylic acids is 1. The summed E-state index contributed by atoms with van der Waals surface area (Å²) in [6, 6.07) is 5.09. The number of rotatable bonds is 1. The summed E-state index contributed by atoms with van der Waals surface area (Å²) in [6.45, 7) is 1.79.